The molecule has 2 nitrogen and oxygen atoms in total. The summed E-state index contributed by atoms with van der Waals surface area (Å²) < 4.78 is 8.10. The topological polar surface area (TPSA) is 29.5 Å². The number of hydrogen-bond acceptors (Lipinski definition) is 3. The van der Waals surface area contributed by atoms with E-state index in [0.29, 0.717) is 6.42 Å². The maximum absolute atomic E-state index is 10.3. The maximum Gasteiger partial charge on any atom is 0.136 e. The average Bonchev–Trinajstić information content (AvgIpc) is 2.70. The summed E-state index contributed by atoms with van der Waals surface area (Å²) in [5, 5.41) is 10.3. The molecule has 3 rings (SSSR count). The van der Waals surface area contributed by atoms with Crippen LogP contribution in [0.1, 0.15) is 34.6 Å². The second-order valence-electron chi connectivity index (χ2n) is 4.67. The molecule has 5 heteroatoms. The van der Waals surface area contributed by atoms with Gasteiger partial charge < -0.3 is 9.84 Å². The Labute approximate surface area is 132 Å². The van der Waals surface area contributed by atoms with E-state index in [4.69, 9.17) is 4.74 Å². The molecule has 1 aromatic heterocycles. The van der Waals surface area contributed by atoms with Crippen molar-refractivity contribution in [3.05, 3.63) is 48.5 Å². The van der Waals surface area contributed by atoms with Crippen molar-refractivity contribution in [3.63, 3.8) is 0 Å². The van der Waals surface area contributed by atoms with Gasteiger partial charge in [-0.15, -0.1) is 11.3 Å². The van der Waals surface area contributed by atoms with Crippen LogP contribution in [-0.4, -0.2) is 5.11 Å². The van der Waals surface area contributed by atoms with Crippen molar-refractivity contribution in [2.45, 2.75) is 25.6 Å². The standard InChI is InChI=1S/C14H12Br2O2S/c1-7-2-3-11-8(4-7)10(17)6-12(18-11)13-5-9(15)14(16)19-13/h2-5,10,12,17H,6H2,1H3. The summed E-state index contributed by atoms with van der Waals surface area (Å²) >= 11 is 8.61. The van der Waals surface area contributed by atoms with Gasteiger partial charge in [-0.1, -0.05) is 11.6 Å². The highest BCUT2D eigenvalue weighted by atomic mass is 79.9. The number of halogens is 2. The summed E-state index contributed by atoms with van der Waals surface area (Å²) in [6, 6.07) is 7.99. The highest BCUT2D eigenvalue weighted by Crippen LogP contribution is 2.45. The van der Waals surface area contributed by atoms with Gasteiger partial charge in [-0.05, 0) is 57.0 Å². The molecule has 0 bridgehead atoms. The summed E-state index contributed by atoms with van der Waals surface area (Å²) in [4.78, 5) is 1.11. The molecule has 0 amide bonds. The SMILES string of the molecule is Cc1ccc2c(c1)C(O)CC(c1cc(Br)c(Br)s1)O2. The fourth-order valence-electron chi connectivity index (χ4n) is 2.26. The maximum atomic E-state index is 10.3. The van der Waals surface area contributed by atoms with E-state index in [1.54, 1.807) is 11.3 Å². The fourth-order valence-corrected chi connectivity index (χ4v) is 4.40. The molecule has 2 heterocycles. The van der Waals surface area contributed by atoms with Crippen molar-refractivity contribution >= 4 is 43.2 Å². The molecule has 2 aromatic rings. The van der Waals surface area contributed by atoms with Gasteiger partial charge in [0.2, 0.25) is 0 Å². The lowest BCUT2D eigenvalue weighted by Gasteiger charge is -2.29. The molecule has 0 fully saturated rings. The van der Waals surface area contributed by atoms with Crippen LogP contribution in [0.15, 0.2) is 32.5 Å². The Morgan fingerprint density at radius 2 is 2.11 bits per heavy atom. The molecular formula is C14H12Br2O2S. The smallest absolute Gasteiger partial charge is 0.136 e. The third kappa shape index (κ3) is 2.61. The van der Waals surface area contributed by atoms with Gasteiger partial charge >= 0.3 is 0 Å². The molecule has 0 aliphatic carbocycles. The molecule has 2 atom stereocenters. The van der Waals surface area contributed by atoms with Crippen molar-refractivity contribution in [1.82, 2.24) is 0 Å². The number of hydrogen-bond donors (Lipinski definition) is 1. The minimum absolute atomic E-state index is 0.0854. The van der Waals surface area contributed by atoms with E-state index in [9.17, 15) is 5.11 Å². The zero-order valence-electron chi connectivity index (χ0n) is 10.2. The molecular weight excluding hydrogens is 392 g/mol. The van der Waals surface area contributed by atoms with Crippen LogP contribution in [0.25, 0.3) is 0 Å². The van der Waals surface area contributed by atoms with Gasteiger partial charge in [0.15, 0.2) is 0 Å². The molecule has 0 radical (unpaired) electrons. The van der Waals surface area contributed by atoms with Crippen molar-refractivity contribution in [2.24, 2.45) is 0 Å². The van der Waals surface area contributed by atoms with Crippen LogP contribution in [-0.2, 0) is 0 Å². The number of aryl methyl sites for hydroxylation is 1. The summed E-state index contributed by atoms with van der Waals surface area (Å²) in [6.07, 6.45) is 0.0432. The second kappa shape index (κ2) is 5.20. The quantitative estimate of drug-likeness (QED) is 0.714. The average molecular weight is 404 g/mol. The van der Waals surface area contributed by atoms with Crippen LogP contribution in [0.5, 0.6) is 5.75 Å². The Hall–Kier alpha value is -0.360. The summed E-state index contributed by atoms with van der Waals surface area (Å²) in [6.45, 7) is 2.02. The number of benzene rings is 1. The minimum atomic E-state index is -0.465. The number of thiophene rings is 1. The molecule has 2 unspecified atom stereocenters. The summed E-state index contributed by atoms with van der Waals surface area (Å²) in [5.74, 6) is 0.787. The number of fused-ring (bicyclic) bond motifs is 1. The fraction of sp³-hybridized carbons (Fsp3) is 0.286. The zero-order chi connectivity index (χ0) is 13.6. The van der Waals surface area contributed by atoms with Crippen LogP contribution in [0, 0.1) is 6.92 Å². The lowest BCUT2D eigenvalue weighted by molar-refractivity contribution is 0.0673. The Kier molecular flexibility index (Phi) is 3.73. The highest BCUT2D eigenvalue weighted by Gasteiger charge is 2.29. The lowest BCUT2D eigenvalue weighted by Crippen LogP contribution is -2.18. The first kappa shape index (κ1) is 13.6. The van der Waals surface area contributed by atoms with Gasteiger partial charge in [0.1, 0.15) is 11.9 Å². The van der Waals surface area contributed by atoms with Crippen LogP contribution in [0.4, 0.5) is 0 Å². The van der Waals surface area contributed by atoms with Crippen LogP contribution < -0.4 is 4.74 Å². The first-order valence-electron chi connectivity index (χ1n) is 5.94. The van der Waals surface area contributed by atoms with Gasteiger partial charge in [-0.2, -0.15) is 0 Å². The molecule has 1 aliphatic heterocycles. The number of aliphatic hydroxyl groups is 1. The van der Waals surface area contributed by atoms with Crippen molar-refractivity contribution in [1.29, 1.82) is 0 Å². The largest absolute Gasteiger partial charge is 0.484 e. The lowest BCUT2D eigenvalue weighted by atomic mass is 9.97. The third-order valence-electron chi connectivity index (χ3n) is 3.21. The first-order valence-corrected chi connectivity index (χ1v) is 8.35. The third-order valence-corrected chi connectivity index (χ3v) is 6.56. The predicted octanol–water partition coefficient (Wildman–Crippen LogP) is 5.14. The van der Waals surface area contributed by atoms with Gasteiger partial charge in [0, 0.05) is 21.3 Å². The van der Waals surface area contributed by atoms with Gasteiger partial charge in [0.25, 0.3) is 0 Å². The number of rotatable bonds is 1. The van der Waals surface area contributed by atoms with Crippen LogP contribution in [0.2, 0.25) is 0 Å². The van der Waals surface area contributed by atoms with E-state index in [2.05, 4.69) is 31.9 Å². The van der Waals surface area contributed by atoms with Crippen molar-refractivity contribution < 1.29 is 9.84 Å². The molecule has 1 N–H and O–H groups in total. The van der Waals surface area contributed by atoms with E-state index in [-0.39, 0.29) is 6.10 Å². The zero-order valence-corrected chi connectivity index (χ0v) is 14.2. The van der Waals surface area contributed by atoms with E-state index in [0.717, 1.165) is 30.0 Å². The molecule has 1 aromatic carbocycles. The predicted molar refractivity (Wildman–Crippen MR) is 83.8 cm³/mol. The first-order chi connectivity index (χ1) is 9.04. The van der Waals surface area contributed by atoms with E-state index < -0.39 is 6.10 Å². The Morgan fingerprint density at radius 1 is 1.32 bits per heavy atom. The van der Waals surface area contributed by atoms with Crippen LogP contribution >= 0.6 is 43.2 Å². The van der Waals surface area contributed by atoms with Gasteiger partial charge in [-0.25, -0.2) is 0 Å². The monoisotopic (exact) mass is 402 g/mol. The van der Waals surface area contributed by atoms with Crippen molar-refractivity contribution in [3.8, 4) is 5.75 Å². The van der Waals surface area contributed by atoms with E-state index >= 15 is 0 Å². The Bertz CT molecular complexity index is 604. The second-order valence-corrected chi connectivity index (χ2v) is 7.93. The molecule has 0 saturated heterocycles. The van der Waals surface area contributed by atoms with E-state index in [1.807, 2.05) is 31.2 Å². The number of aliphatic hydroxyl groups excluding tert-OH is 1. The summed E-state index contributed by atoms with van der Waals surface area (Å²) in [7, 11) is 0. The Balaban J connectivity index is 1.94. The summed E-state index contributed by atoms with van der Waals surface area (Å²) in [5.41, 5.74) is 2.03. The molecule has 0 saturated carbocycles. The number of ether oxygens (including phenoxy) is 1. The molecule has 19 heavy (non-hydrogen) atoms. The highest BCUT2D eigenvalue weighted by molar-refractivity contribution is 9.13. The Morgan fingerprint density at radius 3 is 2.79 bits per heavy atom. The molecule has 100 valence electrons. The van der Waals surface area contributed by atoms with Gasteiger partial charge in [-0.3, -0.25) is 0 Å². The molecule has 1 aliphatic rings. The molecule has 0 spiro atoms. The normalized spacial score (nSPS) is 21.9. The van der Waals surface area contributed by atoms with Crippen molar-refractivity contribution in [2.75, 3.05) is 0 Å². The van der Waals surface area contributed by atoms with Gasteiger partial charge in [0.05, 0.1) is 9.89 Å². The van der Waals surface area contributed by atoms with E-state index in [1.165, 1.54) is 0 Å². The van der Waals surface area contributed by atoms with Crippen LogP contribution in [0.3, 0.4) is 0 Å². The minimum Gasteiger partial charge on any atom is -0.484 e.